The fraction of sp³-hybridized carbons (Fsp3) is 0.467. The summed E-state index contributed by atoms with van der Waals surface area (Å²) in [4.78, 5) is 27.4. The molecule has 4 aromatic rings. The molecule has 0 bridgehead atoms. The first-order valence-electron chi connectivity index (χ1n) is 13.8. The molecule has 0 spiro atoms. The maximum absolute atomic E-state index is 13.1. The Kier molecular flexibility index (Phi) is 6.53. The van der Waals surface area contributed by atoms with Crippen molar-refractivity contribution in [3.8, 4) is 11.3 Å². The lowest BCUT2D eigenvalue weighted by Crippen LogP contribution is -2.38. The Morgan fingerprint density at radius 1 is 0.973 bits per heavy atom. The van der Waals surface area contributed by atoms with E-state index < -0.39 is 0 Å². The summed E-state index contributed by atoms with van der Waals surface area (Å²) in [5, 5.41) is 7.71. The summed E-state index contributed by atoms with van der Waals surface area (Å²) in [5.74, 6) is 2.64. The lowest BCUT2D eigenvalue weighted by atomic mass is 10.0. The van der Waals surface area contributed by atoms with Crippen molar-refractivity contribution in [2.75, 3.05) is 31.1 Å². The van der Waals surface area contributed by atoms with E-state index in [-0.39, 0.29) is 5.92 Å². The zero-order valence-electron chi connectivity index (χ0n) is 21.8. The van der Waals surface area contributed by atoms with Crippen molar-refractivity contribution in [3.63, 3.8) is 0 Å². The Balaban J connectivity index is 1.38. The molecule has 1 aliphatic heterocycles. The Hall–Kier alpha value is -3.48. The van der Waals surface area contributed by atoms with Crippen LogP contribution in [0, 0.1) is 11.8 Å². The van der Waals surface area contributed by atoms with Crippen LogP contribution in [0.2, 0.25) is 0 Å². The van der Waals surface area contributed by atoms with Gasteiger partial charge in [0.15, 0.2) is 0 Å². The molecule has 0 unspecified atom stereocenters. The highest BCUT2D eigenvalue weighted by Gasteiger charge is 2.30. The van der Waals surface area contributed by atoms with Crippen LogP contribution >= 0.6 is 0 Å². The van der Waals surface area contributed by atoms with E-state index >= 15 is 0 Å². The van der Waals surface area contributed by atoms with Gasteiger partial charge in [0.05, 0.1) is 0 Å². The summed E-state index contributed by atoms with van der Waals surface area (Å²) in [5.41, 5.74) is 2.30. The van der Waals surface area contributed by atoms with Gasteiger partial charge in [0.2, 0.25) is 5.91 Å². The lowest BCUT2D eigenvalue weighted by molar-refractivity contribution is -0.135. The average molecular weight is 498 g/mol. The van der Waals surface area contributed by atoms with E-state index in [0.29, 0.717) is 17.5 Å². The summed E-state index contributed by atoms with van der Waals surface area (Å²) in [6, 6.07) is 14.7. The van der Waals surface area contributed by atoms with Crippen molar-refractivity contribution in [2.45, 2.75) is 52.4 Å². The molecule has 3 heterocycles. The van der Waals surface area contributed by atoms with Crippen molar-refractivity contribution < 1.29 is 9.32 Å². The Morgan fingerprint density at radius 3 is 2.59 bits per heavy atom. The van der Waals surface area contributed by atoms with Crippen LogP contribution in [0.1, 0.15) is 51.8 Å². The van der Waals surface area contributed by atoms with Gasteiger partial charge in [0.1, 0.15) is 22.7 Å². The third-order valence-corrected chi connectivity index (χ3v) is 7.79. The number of hydrogen-bond acceptors (Lipinski definition) is 6. The van der Waals surface area contributed by atoms with Gasteiger partial charge >= 0.3 is 0 Å². The van der Waals surface area contributed by atoms with Crippen LogP contribution in [0.4, 0.5) is 5.82 Å². The molecule has 1 amide bonds. The van der Waals surface area contributed by atoms with E-state index in [9.17, 15) is 4.79 Å². The van der Waals surface area contributed by atoms with E-state index in [1.54, 1.807) is 0 Å². The monoisotopic (exact) mass is 497 g/mol. The molecule has 6 rings (SSSR count). The number of fused-ring (bicyclic) bond motifs is 2. The van der Waals surface area contributed by atoms with Crippen LogP contribution in [0.25, 0.3) is 33.1 Å². The van der Waals surface area contributed by atoms with E-state index in [4.69, 9.17) is 14.5 Å². The van der Waals surface area contributed by atoms with Crippen LogP contribution in [-0.2, 0) is 11.2 Å². The fourth-order valence-corrected chi connectivity index (χ4v) is 5.88. The zero-order chi connectivity index (χ0) is 25.4. The number of benzene rings is 2. The molecule has 192 valence electrons. The number of hydrogen-bond donors (Lipinski definition) is 0. The number of carbonyl (C=O) groups is 1. The number of rotatable bonds is 5. The molecule has 7 heteroatoms. The average Bonchev–Trinajstić information content (AvgIpc) is 3.52. The van der Waals surface area contributed by atoms with Gasteiger partial charge in [-0.05, 0) is 42.0 Å². The van der Waals surface area contributed by atoms with Gasteiger partial charge in [0.25, 0.3) is 5.71 Å². The van der Waals surface area contributed by atoms with Crippen molar-refractivity contribution in [1.29, 1.82) is 0 Å². The van der Waals surface area contributed by atoms with Crippen LogP contribution in [0.5, 0.6) is 0 Å². The summed E-state index contributed by atoms with van der Waals surface area (Å²) in [6.07, 6.45) is 6.13. The molecule has 2 aromatic heterocycles. The molecule has 0 radical (unpaired) electrons. The second-order valence-corrected chi connectivity index (χ2v) is 11.0. The highest BCUT2D eigenvalue weighted by molar-refractivity contribution is 6.00. The molecule has 0 N–H and O–H groups in total. The van der Waals surface area contributed by atoms with Crippen LogP contribution in [0.15, 0.2) is 47.0 Å². The second kappa shape index (κ2) is 10.1. The minimum Gasteiger partial charge on any atom is -0.354 e. The smallest absolute Gasteiger partial charge is 0.263 e. The molecular formula is C30H35N5O2. The van der Waals surface area contributed by atoms with Crippen LogP contribution in [-0.4, -0.2) is 52.1 Å². The van der Waals surface area contributed by atoms with E-state index in [1.165, 1.54) is 18.2 Å². The van der Waals surface area contributed by atoms with E-state index in [0.717, 1.165) is 85.5 Å². The third-order valence-electron chi connectivity index (χ3n) is 7.79. The Labute approximate surface area is 217 Å². The first-order chi connectivity index (χ1) is 18.1. The van der Waals surface area contributed by atoms with Gasteiger partial charge in [-0.1, -0.05) is 68.2 Å². The largest absolute Gasteiger partial charge is 0.354 e. The van der Waals surface area contributed by atoms with Crippen molar-refractivity contribution >= 4 is 33.6 Å². The lowest BCUT2D eigenvalue weighted by Gasteiger charge is -2.25. The van der Waals surface area contributed by atoms with Gasteiger partial charge in [0, 0.05) is 44.1 Å². The number of aromatic nitrogens is 3. The standard InChI is InChI=1S/C30H35N5O2/c1-20(2)18-25-31-28(34-14-7-15-35(17-16-34)30(36)22-9-4-5-10-22)26-27(33-37-29(26)32-25)24-13-12-21-8-3-6-11-23(21)19-24/h3,6,8,11-13,19-20,22H,4-5,7,9-10,14-18H2,1-2H3. The topological polar surface area (TPSA) is 75.4 Å². The molecule has 2 aliphatic rings. The van der Waals surface area contributed by atoms with Crippen molar-refractivity contribution in [2.24, 2.45) is 11.8 Å². The molecule has 2 aromatic carbocycles. The van der Waals surface area contributed by atoms with E-state index in [2.05, 4.69) is 71.3 Å². The summed E-state index contributed by atoms with van der Waals surface area (Å²) in [7, 11) is 0. The minimum absolute atomic E-state index is 0.215. The minimum atomic E-state index is 0.215. The Morgan fingerprint density at radius 2 is 1.78 bits per heavy atom. The maximum atomic E-state index is 13.1. The number of nitrogens with zero attached hydrogens (tertiary/aromatic N) is 5. The second-order valence-electron chi connectivity index (χ2n) is 11.0. The molecule has 37 heavy (non-hydrogen) atoms. The Bertz CT molecular complexity index is 1420. The SMILES string of the molecule is CC(C)Cc1nc(N2CCCN(C(=O)C3CCCC3)CC2)c2c(-c3ccc4ccccc4c3)noc2n1. The summed E-state index contributed by atoms with van der Waals surface area (Å²) >= 11 is 0. The zero-order valence-corrected chi connectivity index (χ0v) is 21.8. The molecular weight excluding hydrogens is 462 g/mol. The van der Waals surface area contributed by atoms with Crippen molar-refractivity contribution in [1.82, 2.24) is 20.0 Å². The molecule has 1 aliphatic carbocycles. The normalized spacial score (nSPS) is 17.3. The van der Waals surface area contributed by atoms with Gasteiger partial charge in [-0.3, -0.25) is 4.79 Å². The van der Waals surface area contributed by atoms with Crippen LogP contribution < -0.4 is 4.90 Å². The maximum Gasteiger partial charge on any atom is 0.263 e. The predicted molar refractivity (Wildman–Crippen MR) is 146 cm³/mol. The predicted octanol–water partition coefficient (Wildman–Crippen LogP) is 5.87. The van der Waals surface area contributed by atoms with Gasteiger partial charge < -0.3 is 14.3 Å². The first kappa shape index (κ1) is 23.9. The van der Waals surface area contributed by atoms with Gasteiger partial charge in [-0.15, -0.1) is 0 Å². The molecule has 7 nitrogen and oxygen atoms in total. The quantitative estimate of drug-likeness (QED) is 0.343. The van der Waals surface area contributed by atoms with Crippen molar-refractivity contribution in [3.05, 3.63) is 48.3 Å². The number of anilines is 1. The molecule has 1 saturated carbocycles. The van der Waals surface area contributed by atoms with E-state index in [1.807, 2.05) is 0 Å². The number of carbonyl (C=O) groups excluding carboxylic acids is 1. The summed E-state index contributed by atoms with van der Waals surface area (Å²) < 4.78 is 5.84. The molecule has 1 saturated heterocycles. The third kappa shape index (κ3) is 4.79. The number of amides is 1. The fourth-order valence-electron chi connectivity index (χ4n) is 5.88. The first-order valence-corrected chi connectivity index (χ1v) is 13.8. The van der Waals surface area contributed by atoms with Gasteiger partial charge in [-0.2, -0.15) is 4.98 Å². The van der Waals surface area contributed by atoms with Crippen LogP contribution in [0.3, 0.4) is 0 Å². The highest BCUT2D eigenvalue weighted by atomic mass is 16.5. The van der Waals surface area contributed by atoms with Gasteiger partial charge in [-0.25, -0.2) is 4.98 Å². The highest BCUT2D eigenvalue weighted by Crippen LogP contribution is 2.36. The molecule has 0 atom stereocenters. The summed E-state index contributed by atoms with van der Waals surface area (Å²) in [6.45, 7) is 7.45. The molecule has 2 fully saturated rings.